The van der Waals surface area contributed by atoms with Gasteiger partial charge in [-0.3, -0.25) is 4.79 Å². The highest BCUT2D eigenvalue weighted by Gasteiger charge is 2.23. The largest absolute Gasteiger partial charge is 0.389 e. The number of carbonyl (C=O) groups excluding carboxylic acids is 1. The molecule has 1 aliphatic heterocycles. The van der Waals surface area contributed by atoms with Crippen LogP contribution in [0.25, 0.3) is 0 Å². The van der Waals surface area contributed by atoms with Gasteiger partial charge < -0.3 is 16.4 Å². The first-order chi connectivity index (χ1) is 8.18. The molecule has 0 aromatic carbocycles. The highest BCUT2D eigenvalue weighted by Crippen LogP contribution is 2.14. The molecule has 1 fully saturated rings. The first-order valence-corrected chi connectivity index (χ1v) is 5.75. The number of nitrogens with zero attached hydrogens (tertiary/aromatic N) is 2. The Kier molecular flexibility index (Phi) is 3.48. The van der Waals surface area contributed by atoms with Gasteiger partial charge in [0.1, 0.15) is 11.0 Å². The first-order valence-electron chi connectivity index (χ1n) is 5.34. The second-order valence-corrected chi connectivity index (χ2v) is 4.23. The Morgan fingerprint density at radius 3 is 3.18 bits per heavy atom. The van der Waals surface area contributed by atoms with Crippen molar-refractivity contribution in [2.75, 3.05) is 11.9 Å². The highest BCUT2D eigenvalue weighted by atomic mass is 32.1. The van der Waals surface area contributed by atoms with Gasteiger partial charge in [-0.05, 0) is 18.9 Å². The van der Waals surface area contributed by atoms with Gasteiger partial charge in [-0.25, -0.2) is 0 Å². The van der Waals surface area contributed by atoms with E-state index in [9.17, 15) is 4.79 Å². The average Bonchev–Trinajstić information content (AvgIpc) is 2.32. The molecule has 0 radical (unpaired) electrons. The second kappa shape index (κ2) is 5.05. The number of rotatable bonds is 3. The fourth-order valence-electron chi connectivity index (χ4n) is 1.71. The lowest BCUT2D eigenvalue weighted by Gasteiger charge is -2.23. The van der Waals surface area contributed by atoms with Gasteiger partial charge in [0.25, 0.3) is 0 Å². The van der Waals surface area contributed by atoms with E-state index in [0.29, 0.717) is 11.4 Å². The summed E-state index contributed by atoms with van der Waals surface area (Å²) in [6.45, 7) is 0.722. The number of anilines is 1. The third-order valence-corrected chi connectivity index (χ3v) is 2.80. The maximum atomic E-state index is 11.6. The number of amides is 1. The molecule has 0 bridgehead atoms. The lowest BCUT2D eigenvalue weighted by molar-refractivity contribution is -0.123. The third-order valence-electron chi connectivity index (χ3n) is 2.58. The third kappa shape index (κ3) is 2.68. The summed E-state index contributed by atoms with van der Waals surface area (Å²) < 4.78 is 0. The molecule has 17 heavy (non-hydrogen) atoms. The average molecular weight is 251 g/mol. The lowest BCUT2D eigenvalue weighted by atomic mass is 10.1. The van der Waals surface area contributed by atoms with E-state index in [4.69, 9.17) is 18.0 Å². The molecule has 1 aliphatic rings. The van der Waals surface area contributed by atoms with E-state index in [-0.39, 0.29) is 16.9 Å². The van der Waals surface area contributed by atoms with Crippen LogP contribution in [0, 0.1) is 0 Å². The van der Waals surface area contributed by atoms with E-state index in [1.807, 2.05) is 0 Å². The quantitative estimate of drug-likeness (QED) is 0.644. The Morgan fingerprint density at radius 1 is 1.65 bits per heavy atom. The molecule has 2 heterocycles. The molecule has 1 amide bonds. The molecule has 1 unspecified atom stereocenters. The molecule has 90 valence electrons. The number of hydrogen-bond donors (Lipinski definition) is 3. The van der Waals surface area contributed by atoms with E-state index in [1.54, 1.807) is 6.07 Å². The zero-order valence-electron chi connectivity index (χ0n) is 9.14. The molecule has 4 N–H and O–H groups in total. The molecule has 7 heteroatoms. The molecule has 1 aromatic rings. The van der Waals surface area contributed by atoms with Crippen LogP contribution in [0.2, 0.25) is 0 Å². The van der Waals surface area contributed by atoms with Crippen molar-refractivity contribution in [3.63, 3.8) is 0 Å². The number of nitrogens with one attached hydrogen (secondary N) is 2. The van der Waals surface area contributed by atoms with Crippen molar-refractivity contribution in [2.24, 2.45) is 5.73 Å². The van der Waals surface area contributed by atoms with Crippen LogP contribution in [0.3, 0.4) is 0 Å². The fraction of sp³-hybridized carbons (Fsp3) is 0.400. The van der Waals surface area contributed by atoms with Gasteiger partial charge in [0.2, 0.25) is 5.91 Å². The minimum absolute atomic E-state index is 0.0317. The molecule has 0 aliphatic carbocycles. The van der Waals surface area contributed by atoms with Gasteiger partial charge in [-0.15, -0.1) is 5.10 Å². The van der Waals surface area contributed by atoms with Crippen LogP contribution in [0.4, 0.5) is 5.82 Å². The van der Waals surface area contributed by atoms with Crippen molar-refractivity contribution in [1.82, 2.24) is 15.5 Å². The van der Waals surface area contributed by atoms with Crippen molar-refractivity contribution >= 4 is 28.9 Å². The van der Waals surface area contributed by atoms with Crippen LogP contribution in [0.15, 0.2) is 12.3 Å². The summed E-state index contributed by atoms with van der Waals surface area (Å²) in [5.74, 6) is 0.429. The Morgan fingerprint density at radius 2 is 2.47 bits per heavy atom. The highest BCUT2D eigenvalue weighted by molar-refractivity contribution is 7.80. The zero-order chi connectivity index (χ0) is 12.3. The maximum Gasteiger partial charge on any atom is 0.242 e. The Labute approximate surface area is 104 Å². The molecule has 1 saturated heterocycles. The molecule has 6 nitrogen and oxygen atoms in total. The number of carbonyl (C=O) groups is 1. The number of aromatic nitrogens is 2. The van der Waals surface area contributed by atoms with Gasteiger partial charge in [-0.1, -0.05) is 12.2 Å². The standard InChI is InChI=1S/C10H13N5OS/c11-8(17)6-3-5-13-15-9(6)14-7-2-1-4-12-10(7)16/h3,5,7H,1-2,4H2,(H2,11,17)(H,12,16)(H,14,15). The van der Waals surface area contributed by atoms with Crippen molar-refractivity contribution in [3.8, 4) is 0 Å². The maximum absolute atomic E-state index is 11.6. The molecule has 0 saturated carbocycles. The van der Waals surface area contributed by atoms with E-state index in [1.165, 1.54) is 6.20 Å². The first kappa shape index (κ1) is 11.7. The molecule has 2 rings (SSSR count). The van der Waals surface area contributed by atoms with E-state index in [0.717, 1.165) is 19.4 Å². The van der Waals surface area contributed by atoms with Crippen LogP contribution in [0.5, 0.6) is 0 Å². The lowest BCUT2D eigenvalue weighted by Crippen LogP contribution is -2.44. The summed E-state index contributed by atoms with van der Waals surface area (Å²) in [6, 6.07) is 1.38. The van der Waals surface area contributed by atoms with Crippen LogP contribution < -0.4 is 16.4 Å². The monoisotopic (exact) mass is 251 g/mol. The van der Waals surface area contributed by atoms with Crippen LogP contribution in [-0.2, 0) is 4.79 Å². The summed E-state index contributed by atoms with van der Waals surface area (Å²) >= 11 is 4.92. The summed E-state index contributed by atoms with van der Waals surface area (Å²) in [5.41, 5.74) is 6.18. The summed E-state index contributed by atoms with van der Waals surface area (Å²) in [5, 5.41) is 13.5. The van der Waals surface area contributed by atoms with Crippen LogP contribution >= 0.6 is 12.2 Å². The molecule has 0 spiro atoms. The summed E-state index contributed by atoms with van der Waals surface area (Å²) in [4.78, 5) is 11.8. The Balaban J connectivity index is 2.17. The molecular formula is C10H13N5OS. The van der Waals surface area contributed by atoms with Crippen molar-refractivity contribution in [2.45, 2.75) is 18.9 Å². The predicted octanol–water partition coefficient (Wildman–Crippen LogP) is -0.199. The normalized spacial score (nSPS) is 19.5. The SMILES string of the molecule is NC(=S)c1ccnnc1NC1CCCNC1=O. The van der Waals surface area contributed by atoms with Gasteiger partial charge in [-0.2, -0.15) is 5.10 Å². The van der Waals surface area contributed by atoms with Gasteiger partial charge in [0.15, 0.2) is 5.82 Å². The second-order valence-electron chi connectivity index (χ2n) is 3.79. The van der Waals surface area contributed by atoms with Gasteiger partial charge in [0, 0.05) is 6.54 Å². The summed E-state index contributed by atoms with van der Waals surface area (Å²) in [6.07, 6.45) is 3.21. The Hall–Kier alpha value is -1.76. The van der Waals surface area contributed by atoms with Crippen molar-refractivity contribution in [3.05, 3.63) is 17.8 Å². The van der Waals surface area contributed by atoms with E-state index in [2.05, 4.69) is 20.8 Å². The van der Waals surface area contributed by atoms with E-state index < -0.39 is 0 Å². The van der Waals surface area contributed by atoms with Gasteiger partial charge in [0.05, 0.1) is 11.8 Å². The zero-order valence-corrected chi connectivity index (χ0v) is 9.96. The number of piperidine rings is 1. The molecule has 1 atom stereocenters. The number of hydrogen-bond acceptors (Lipinski definition) is 5. The summed E-state index contributed by atoms with van der Waals surface area (Å²) in [7, 11) is 0. The molecule has 1 aromatic heterocycles. The molecular weight excluding hydrogens is 238 g/mol. The van der Waals surface area contributed by atoms with E-state index >= 15 is 0 Å². The van der Waals surface area contributed by atoms with Crippen molar-refractivity contribution < 1.29 is 4.79 Å². The number of thiocarbonyl (C=S) groups is 1. The Bertz CT molecular complexity index is 450. The van der Waals surface area contributed by atoms with Crippen LogP contribution in [-0.4, -0.2) is 33.7 Å². The minimum Gasteiger partial charge on any atom is -0.389 e. The minimum atomic E-state index is -0.298. The van der Waals surface area contributed by atoms with Crippen LogP contribution in [0.1, 0.15) is 18.4 Å². The number of nitrogens with two attached hydrogens (primary N) is 1. The topological polar surface area (TPSA) is 92.9 Å². The van der Waals surface area contributed by atoms with Crippen molar-refractivity contribution in [1.29, 1.82) is 0 Å². The van der Waals surface area contributed by atoms with Gasteiger partial charge >= 0.3 is 0 Å². The predicted molar refractivity (Wildman–Crippen MR) is 67.6 cm³/mol. The fourth-order valence-corrected chi connectivity index (χ4v) is 1.88. The smallest absolute Gasteiger partial charge is 0.242 e.